The fourth-order valence-corrected chi connectivity index (χ4v) is 2.82. The van der Waals surface area contributed by atoms with Gasteiger partial charge in [-0.3, -0.25) is 4.68 Å². The number of aryl methyl sites for hydroxylation is 1. The van der Waals surface area contributed by atoms with E-state index in [2.05, 4.69) is 23.9 Å². The Balaban J connectivity index is 2.15. The largest absolute Gasteiger partial charge is 0.324 e. The van der Waals surface area contributed by atoms with Crippen molar-refractivity contribution >= 4 is 0 Å². The van der Waals surface area contributed by atoms with Crippen LogP contribution in [0.25, 0.3) is 0 Å². The molecule has 3 unspecified atom stereocenters. The third-order valence-electron chi connectivity index (χ3n) is 4.35. The summed E-state index contributed by atoms with van der Waals surface area (Å²) in [6.07, 6.45) is 6.09. The van der Waals surface area contributed by atoms with Crippen LogP contribution < -0.4 is 5.73 Å². The first-order chi connectivity index (χ1) is 7.53. The third kappa shape index (κ3) is 1.98. The van der Waals surface area contributed by atoms with Gasteiger partial charge in [0.2, 0.25) is 0 Å². The zero-order valence-electron chi connectivity index (χ0n) is 10.5. The van der Waals surface area contributed by atoms with E-state index in [4.69, 9.17) is 5.73 Å². The van der Waals surface area contributed by atoms with Gasteiger partial charge in [0, 0.05) is 19.0 Å². The highest BCUT2D eigenvalue weighted by Gasteiger charge is 2.39. The van der Waals surface area contributed by atoms with Gasteiger partial charge >= 0.3 is 0 Å². The molecule has 0 saturated heterocycles. The van der Waals surface area contributed by atoms with Crippen molar-refractivity contribution in [2.75, 3.05) is 0 Å². The SMILES string of the molecule is CC1CCCC(N)(Cc2ncnn2C)C1C. The Bertz CT molecular complexity index is 360. The van der Waals surface area contributed by atoms with E-state index in [1.54, 1.807) is 6.33 Å². The molecule has 2 rings (SSSR count). The lowest BCUT2D eigenvalue weighted by molar-refractivity contribution is 0.140. The Hall–Kier alpha value is -0.900. The molecule has 1 aromatic rings. The van der Waals surface area contributed by atoms with Gasteiger partial charge in [-0.15, -0.1) is 0 Å². The van der Waals surface area contributed by atoms with Crippen LogP contribution in [0.15, 0.2) is 6.33 Å². The maximum absolute atomic E-state index is 6.57. The molecule has 2 N–H and O–H groups in total. The van der Waals surface area contributed by atoms with Crippen molar-refractivity contribution < 1.29 is 0 Å². The maximum atomic E-state index is 6.57. The van der Waals surface area contributed by atoms with Gasteiger partial charge in [0.05, 0.1) is 0 Å². The van der Waals surface area contributed by atoms with Crippen LogP contribution in [0.1, 0.15) is 38.9 Å². The average Bonchev–Trinajstić information content (AvgIpc) is 2.61. The van der Waals surface area contributed by atoms with E-state index in [1.807, 2.05) is 11.7 Å². The summed E-state index contributed by atoms with van der Waals surface area (Å²) in [5.41, 5.74) is 6.47. The minimum Gasteiger partial charge on any atom is -0.324 e. The summed E-state index contributed by atoms with van der Waals surface area (Å²) in [6, 6.07) is 0. The molecule has 16 heavy (non-hydrogen) atoms. The monoisotopic (exact) mass is 222 g/mol. The molecule has 1 saturated carbocycles. The van der Waals surface area contributed by atoms with Crippen molar-refractivity contribution in [1.29, 1.82) is 0 Å². The van der Waals surface area contributed by atoms with Gasteiger partial charge in [-0.05, 0) is 18.3 Å². The Morgan fingerprint density at radius 2 is 2.31 bits per heavy atom. The van der Waals surface area contributed by atoms with E-state index in [0.717, 1.165) is 18.7 Å². The third-order valence-corrected chi connectivity index (χ3v) is 4.35. The molecule has 0 spiro atoms. The summed E-state index contributed by atoms with van der Waals surface area (Å²) in [5, 5.41) is 4.11. The van der Waals surface area contributed by atoms with E-state index in [9.17, 15) is 0 Å². The van der Waals surface area contributed by atoms with Crippen LogP contribution in [0.3, 0.4) is 0 Å². The van der Waals surface area contributed by atoms with Crippen molar-refractivity contribution in [2.24, 2.45) is 24.6 Å². The minimum atomic E-state index is -0.0987. The topological polar surface area (TPSA) is 56.7 Å². The summed E-state index contributed by atoms with van der Waals surface area (Å²) in [6.45, 7) is 4.59. The molecule has 4 nitrogen and oxygen atoms in total. The van der Waals surface area contributed by atoms with E-state index in [1.165, 1.54) is 12.8 Å². The molecule has 90 valence electrons. The van der Waals surface area contributed by atoms with Crippen LogP contribution in [0.4, 0.5) is 0 Å². The van der Waals surface area contributed by atoms with Crippen molar-refractivity contribution in [2.45, 2.75) is 45.1 Å². The van der Waals surface area contributed by atoms with Crippen LogP contribution in [0, 0.1) is 11.8 Å². The fraction of sp³-hybridized carbons (Fsp3) is 0.833. The molecule has 3 atom stereocenters. The van der Waals surface area contributed by atoms with Crippen molar-refractivity contribution in [3.05, 3.63) is 12.2 Å². The van der Waals surface area contributed by atoms with Gasteiger partial charge in [-0.1, -0.05) is 26.7 Å². The summed E-state index contributed by atoms with van der Waals surface area (Å²) in [5.74, 6) is 2.27. The molecule has 1 heterocycles. The zero-order valence-corrected chi connectivity index (χ0v) is 10.5. The molecule has 4 heteroatoms. The second kappa shape index (κ2) is 4.17. The predicted octanol–water partition coefficient (Wildman–Crippen LogP) is 1.51. The standard InChI is InChI=1S/C12H22N4/c1-9-5-4-6-12(13,10(9)2)7-11-14-8-15-16(11)3/h8-10H,4-7,13H2,1-3H3. The molecule has 1 aliphatic carbocycles. The molecule has 0 amide bonds. The number of rotatable bonds is 2. The van der Waals surface area contributed by atoms with Gasteiger partial charge in [-0.25, -0.2) is 4.98 Å². The molecule has 1 aromatic heterocycles. The van der Waals surface area contributed by atoms with Crippen molar-refractivity contribution in [1.82, 2.24) is 14.8 Å². The molecule has 0 radical (unpaired) electrons. The van der Waals surface area contributed by atoms with E-state index in [0.29, 0.717) is 11.8 Å². The van der Waals surface area contributed by atoms with Crippen LogP contribution in [-0.4, -0.2) is 20.3 Å². The van der Waals surface area contributed by atoms with Gasteiger partial charge < -0.3 is 5.73 Å². The molecule has 0 bridgehead atoms. The Kier molecular flexibility index (Phi) is 3.02. The van der Waals surface area contributed by atoms with Crippen LogP contribution in [0.2, 0.25) is 0 Å². The molecule has 1 aliphatic rings. The lowest BCUT2D eigenvalue weighted by atomic mass is 9.67. The van der Waals surface area contributed by atoms with Crippen LogP contribution in [-0.2, 0) is 13.5 Å². The highest BCUT2D eigenvalue weighted by Crippen LogP contribution is 2.37. The Morgan fingerprint density at radius 3 is 2.94 bits per heavy atom. The first-order valence-corrected chi connectivity index (χ1v) is 6.15. The summed E-state index contributed by atoms with van der Waals surface area (Å²) in [4.78, 5) is 4.29. The molecule has 1 fully saturated rings. The highest BCUT2D eigenvalue weighted by atomic mass is 15.3. The summed E-state index contributed by atoms with van der Waals surface area (Å²) in [7, 11) is 1.93. The summed E-state index contributed by atoms with van der Waals surface area (Å²) < 4.78 is 1.83. The molecular weight excluding hydrogens is 200 g/mol. The zero-order chi connectivity index (χ0) is 11.8. The number of nitrogens with zero attached hydrogens (tertiary/aromatic N) is 3. The van der Waals surface area contributed by atoms with Crippen molar-refractivity contribution in [3.63, 3.8) is 0 Å². The average molecular weight is 222 g/mol. The quantitative estimate of drug-likeness (QED) is 0.825. The number of aromatic nitrogens is 3. The van der Waals surface area contributed by atoms with Gasteiger partial charge in [-0.2, -0.15) is 5.10 Å². The number of nitrogens with two attached hydrogens (primary N) is 1. The maximum Gasteiger partial charge on any atom is 0.138 e. The number of hydrogen-bond donors (Lipinski definition) is 1. The highest BCUT2D eigenvalue weighted by molar-refractivity contribution is 5.02. The smallest absolute Gasteiger partial charge is 0.138 e. The Morgan fingerprint density at radius 1 is 1.56 bits per heavy atom. The Labute approximate surface area is 97.2 Å². The minimum absolute atomic E-state index is 0.0987. The van der Waals surface area contributed by atoms with E-state index >= 15 is 0 Å². The van der Waals surface area contributed by atoms with Gasteiger partial charge in [0.15, 0.2) is 0 Å². The lowest BCUT2D eigenvalue weighted by Crippen LogP contribution is -2.53. The number of hydrogen-bond acceptors (Lipinski definition) is 3. The van der Waals surface area contributed by atoms with Crippen LogP contribution in [0.5, 0.6) is 0 Å². The first kappa shape index (κ1) is 11.6. The molecule has 0 aliphatic heterocycles. The van der Waals surface area contributed by atoms with Crippen molar-refractivity contribution in [3.8, 4) is 0 Å². The lowest BCUT2D eigenvalue weighted by Gasteiger charge is -2.43. The van der Waals surface area contributed by atoms with E-state index in [-0.39, 0.29) is 5.54 Å². The molecular formula is C12H22N4. The summed E-state index contributed by atoms with van der Waals surface area (Å²) >= 11 is 0. The fourth-order valence-electron chi connectivity index (χ4n) is 2.82. The normalized spacial score (nSPS) is 35.2. The van der Waals surface area contributed by atoms with Gasteiger partial charge in [0.1, 0.15) is 12.2 Å². The predicted molar refractivity (Wildman–Crippen MR) is 63.8 cm³/mol. The first-order valence-electron chi connectivity index (χ1n) is 6.15. The second-order valence-electron chi connectivity index (χ2n) is 5.37. The van der Waals surface area contributed by atoms with E-state index < -0.39 is 0 Å². The molecule has 0 aromatic carbocycles. The van der Waals surface area contributed by atoms with Gasteiger partial charge in [0.25, 0.3) is 0 Å². The van der Waals surface area contributed by atoms with Crippen LogP contribution >= 0.6 is 0 Å². The second-order valence-corrected chi connectivity index (χ2v) is 5.37.